The predicted molar refractivity (Wildman–Crippen MR) is 66.1 cm³/mol. The molecule has 0 saturated carbocycles. The van der Waals surface area contributed by atoms with Crippen molar-refractivity contribution in [1.82, 2.24) is 20.6 Å². The maximum Gasteiger partial charge on any atom is 0.278 e. The Morgan fingerprint density at radius 1 is 1.61 bits per heavy atom. The second kappa shape index (κ2) is 5.13. The van der Waals surface area contributed by atoms with Crippen LogP contribution in [0.25, 0.3) is 0 Å². The molecule has 18 heavy (non-hydrogen) atoms. The zero-order valence-electron chi connectivity index (χ0n) is 10.0. The van der Waals surface area contributed by atoms with E-state index in [0.717, 1.165) is 11.4 Å². The summed E-state index contributed by atoms with van der Waals surface area (Å²) < 4.78 is 4.38. The standard InChI is InChI=1S/C10H13N5O2S/c1-3-6-4-12-10(18-6)5(2)13-9(16)7-8(11)15-17-14-7/h4-5H,3H2,1-2H3,(H2,11,15)(H,13,16). The molecule has 3 N–H and O–H groups in total. The lowest BCUT2D eigenvalue weighted by molar-refractivity contribution is 0.0930. The highest BCUT2D eigenvalue weighted by Gasteiger charge is 2.19. The number of nitrogens with zero attached hydrogens (tertiary/aromatic N) is 3. The molecule has 1 amide bonds. The largest absolute Gasteiger partial charge is 0.379 e. The number of carbonyl (C=O) groups is 1. The van der Waals surface area contributed by atoms with Crippen molar-refractivity contribution < 1.29 is 9.42 Å². The molecule has 1 unspecified atom stereocenters. The minimum Gasteiger partial charge on any atom is -0.379 e. The molecule has 1 atom stereocenters. The van der Waals surface area contributed by atoms with Crippen LogP contribution in [0.4, 0.5) is 5.82 Å². The summed E-state index contributed by atoms with van der Waals surface area (Å²) in [5, 5.41) is 10.4. The molecule has 0 saturated heterocycles. The van der Waals surface area contributed by atoms with Crippen LogP contribution >= 0.6 is 11.3 Å². The molecule has 0 aliphatic carbocycles. The lowest BCUT2D eigenvalue weighted by Crippen LogP contribution is -2.27. The maximum absolute atomic E-state index is 11.8. The number of nitrogen functional groups attached to an aromatic ring is 1. The van der Waals surface area contributed by atoms with E-state index in [2.05, 4.69) is 32.2 Å². The first-order valence-corrected chi connectivity index (χ1v) is 6.27. The number of aromatic nitrogens is 3. The first-order valence-electron chi connectivity index (χ1n) is 5.45. The van der Waals surface area contributed by atoms with Crippen molar-refractivity contribution in [2.75, 3.05) is 5.73 Å². The lowest BCUT2D eigenvalue weighted by atomic mass is 10.3. The number of anilines is 1. The van der Waals surface area contributed by atoms with Gasteiger partial charge in [0, 0.05) is 11.1 Å². The van der Waals surface area contributed by atoms with Gasteiger partial charge in [0.05, 0.1) is 6.04 Å². The van der Waals surface area contributed by atoms with Crippen molar-refractivity contribution in [1.29, 1.82) is 0 Å². The number of rotatable bonds is 4. The van der Waals surface area contributed by atoms with Crippen LogP contribution in [0.2, 0.25) is 0 Å². The summed E-state index contributed by atoms with van der Waals surface area (Å²) in [7, 11) is 0. The molecule has 0 aromatic carbocycles. The molecule has 7 nitrogen and oxygen atoms in total. The van der Waals surface area contributed by atoms with Gasteiger partial charge in [-0.25, -0.2) is 9.61 Å². The van der Waals surface area contributed by atoms with Crippen molar-refractivity contribution in [3.63, 3.8) is 0 Å². The summed E-state index contributed by atoms with van der Waals surface area (Å²) in [4.78, 5) is 17.2. The molecular formula is C10H13N5O2S. The van der Waals surface area contributed by atoms with Gasteiger partial charge in [0.2, 0.25) is 11.5 Å². The zero-order valence-corrected chi connectivity index (χ0v) is 10.8. The van der Waals surface area contributed by atoms with Gasteiger partial charge in [-0.15, -0.1) is 11.3 Å². The summed E-state index contributed by atoms with van der Waals surface area (Å²) >= 11 is 1.57. The highest BCUT2D eigenvalue weighted by molar-refractivity contribution is 7.11. The van der Waals surface area contributed by atoms with Crippen LogP contribution in [0.15, 0.2) is 10.8 Å². The van der Waals surface area contributed by atoms with Crippen LogP contribution in [0.1, 0.15) is 40.3 Å². The Morgan fingerprint density at radius 2 is 2.39 bits per heavy atom. The van der Waals surface area contributed by atoms with Crippen LogP contribution in [0, 0.1) is 0 Å². The molecule has 8 heteroatoms. The van der Waals surface area contributed by atoms with Gasteiger partial charge in [0.15, 0.2) is 0 Å². The first kappa shape index (κ1) is 12.5. The second-order valence-electron chi connectivity index (χ2n) is 3.71. The quantitative estimate of drug-likeness (QED) is 0.860. The van der Waals surface area contributed by atoms with Crippen molar-refractivity contribution >= 4 is 23.1 Å². The fourth-order valence-electron chi connectivity index (χ4n) is 1.37. The number of nitrogens with one attached hydrogen (secondary N) is 1. The Bertz CT molecular complexity index is 550. The molecule has 96 valence electrons. The van der Waals surface area contributed by atoms with Gasteiger partial charge in [-0.3, -0.25) is 4.79 Å². The Hall–Kier alpha value is -1.96. The van der Waals surface area contributed by atoms with Crippen LogP contribution < -0.4 is 11.1 Å². The number of aryl methyl sites for hydroxylation is 1. The fraction of sp³-hybridized carbons (Fsp3) is 0.400. The van der Waals surface area contributed by atoms with Gasteiger partial charge in [-0.1, -0.05) is 6.92 Å². The molecule has 0 bridgehead atoms. The summed E-state index contributed by atoms with van der Waals surface area (Å²) in [6, 6.07) is -0.209. The van der Waals surface area contributed by atoms with Gasteiger partial charge in [-0.05, 0) is 23.7 Å². The third-order valence-corrected chi connectivity index (χ3v) is 3.69. The minimum absolute atomic E-state index is 0.00544. The molecular weight excluding hydrogens is 254 g/mol. The third kappa shape index (κ3) is 2.48. The smallest absolute Gasteiger partial charge is 0.278 e. The van der Waals surface area contributed by atoms with E-state index in [1.54, 1.807) is 11.3 Å². The Morgan fingerprint density at radius 3 is 2.94 bits per heavy atom. The van der Waals surface area contributed by atoms with E-state index in [0.29, 0.717) is 0 Å². The highest BCUT2D eigenvalue weighted by Crippen LogP contribution is 2.20. The SMILES string of the molecule is CCc1cnc(C(C)NC(=O)c2nonc2N)s1. The normalized spacial score (nSPS) is 12.3. The molecule has 0 fully saturated rings. The van der Waals surface area contributed by atoms with Crippen LogP contribution in [0.3, 0.4) is 0 Å². The number of hydrogen-bond acceptors (Lipinski definition) is 7. The van der Waals surface area contributed by atoms with Crippen LogP contribution in [-0.4, -0.2) is 21.2 Å². The van der Waals surface area contributed by atoms with Gasteiger partial charge in [-0.2, -0.15) is 0 Å². The summed E-state index contributed by atoms with van der Waals surface area (Å²) in [5.41, 5.74) is 5.43. The maximum atomic E-state index is 11.8. The van der Waals surface area contributed by atoms with E-state index in [4.69, 9.17) is 5.73 Å². The number of hydrogen-bond donors (Lipinski definition) is 2. The first-order chi connectivity index (χ1) is 8.61. The third-order valence-electron chi connectivity index (χ3n) is 2.37. The molecule has 0 aliphatic heterocycles. The molecule has 2 aromatic heterocycles. The topological polar surface area (TPSA) is 107 Å². The number of amides is 1. The molecule has 0 aliphatic rings. The summed E-state index contributed by atoms with van der Waals surface area (Å²) in [5.74, 6) is -0.442. The Labute approximate surface area is 107 Å². The molecule has 0 spiro atoms. The monoisotopic (exact) mass is 267 g/mol. The number of nitrogens with two attached hydrogens (primary N) is 1. The van der Waals surface area contributed by atoms with Crippen molar-refractivity contribution in [3.05, 3.63) is 21.8 Å². The van der Waals surface area contributed by atoms with E-state index in [9.17, 15) is 4.79 Å². The average molecular weight is 267 g/mol. The average Bonchev–Trinajstić information content (AvgIpc) is 2.96. The van der Waals surface area contributed by atoms with Crippen LogP contribution in [0.5, 0.6) is 0 Å². The molecule has 2 aromatic rings. The molecule has 2 rings (SSSR count). The van der Waals surface area contributed by atoms with Crippen LogP contribution in [-0.2, 0) is 6.42 Å². The number of carbonyl (C=O) groups excluding carboxylic acids is 1. The Kier molecular flexibility index (Phi) is 3.56. The lowest BCUT2D eigenvalue weighted by Gasteiger charge is -2.09. The summed E-state index contributed by atoms with van der Waals surface area (Å²) in [6.07, 6.45) is 2.74. The fourth-order valence-corrected chi connectivity index (χ4v) is 2.23. The van der Waals surface area contributed by atoms with E-state index in [1.165, 1.54) is 4.88 Å². The summed E-state index contributed by atoms with van der Waals surface area (Å²) in [6.45, 7) is 3.90. The minimum atomic E-state index is -0.422. The van der Waals surface area contributed by atoms with Gasteiger partial charge < -0.3 is 11.1 Å². The van der Waals surface area contributed by atoms with Gasteiger partial charge >= 0.3 is 0 Å². The molecule has 0 radical (unpaired) electrons. The Balaban J connectivity index is 2.05. The highest BCUT2D eigenvalue weighted by atomic mass is 32.1. The zero-order chi connectivity index (χ0) is 13.1. The number of thiazole rings is 1. The van der Waals surface area contributed by atoms with Crippen molar-refractivity contribution in [3.8, 4) is 0 Å². The van der Waals surface area contributed by atoms with E-state index < -0.39 is 5.91 Å². The van der Waals surface area contributed by atoms with E-state index in [1.807, 2.05) is 13.1 Å². The van der Waals surface area contributed by atoms with Crippen molar-refractivity contribution in [2.24, 2.45) is 0 Å². The van der Waals surface area contributed by atoms with E-state index in [-0.39, 0.29) is 17.6 Å². The van der Waals surface area contributed by atoms with Gasteiger partial charge in [0.25, 0.3) is 5.91 Å². The van der Waals surface area contributed by atoms with Gasteiger partial charge in [0.1, 0.15) is 5.01 Å². The predicted octanol–water partition coefficient (Wildman–Crippen LogP) is 1.16. The molecule has 2 heterocycles. The second-order valence-corrected chi connectivity index (χ2v) is 4.86. The van der Waals surface area contributed by atoms with Crippen molar-refractivity contribution in [2.45, 2.75) is 26.3 Å². The van der Waals surface area contributed by atoms with E-state index >= 15 is 0 Å².